The second kappa shape index (κ2) is 19.5. The minimum atomic E-state index is -0.935. The van der Waals surface area contributed by atoms with Crippen LogP contribution in [-0.4, -0.2) is 22.2 Å². The molecule has 0 heterocycles. The monoisotopic (exact) mass is 344 g/mol. The van der Waals surface area contributed by atoms with Gasteiger partial charge in [-0.1, -0.05) is 66.4 Å². The molecule has 0 spiro atoms. The summed E-state index contributed by atoms with van der Waals surface area (Å²) in [4.78, 5) is 20.7. The van der Waals surface area contributed by atoms with Crippen LogP contribution in [0.1, 0.15) is 86.5 Å². The van der Waals surface area contributed by atoms with Crippen molar-refractivity contribution in [3.63, 3.8) is 0 Å². The van der Waals surface area contributed by atoms with E-state index in [9.17, 15) is 9.59 Å². The van der Waals surface area contributed by atoms with Crippen LogP contribution in [0.5, 0.6) is 0 Å². The van der Waals surface area contributed by atoms with Crippen molar-refractivity contribution in [3.8, 4) is 0 Å². The van der Waals surface area contributed by atoms with E-state index in [4.69, 9.17) is 10.2 Å². The molecule has 0 aromatic heterocycles. The molecule has 0 aliphatic rings. The van der Waals surface area contributed by atoms with E-state index in [-0.39, 0.29) is 13.0 Å². The summed E-state index contributed by atoms with van der Waals surface area (Å²) >= 11 is 0. The van der Waals surface area contributed by atoms with Crippen LogP contribution in [0.25, 0.3) is 0 Å². The zero-order valence-corrected chi connectivity index (χ0v) is 15.5. The number of rotatable bonds is 10. The van der Waals surface area contributed by atoms with E-state index in [2.05, 4.69) is 33.6 Å². The average molecular weight is 345 g/mol. The van der Waals surface area contributed by atoms with Crippen molar-refractivity contribution in [1.29, 1.82) is 0 Å². The lowest BCUT2D eigenvalue weighted by atomic mass is 9.80. The molecule has 0 aliphatic heterocycles. The Bertz CT molecular complexity index is 325. The van der Waals surface area contributed by atoms with Crippen LogP contribution >= 0.6 is 0 Å². The molecule has 1 atom stereocenters. The van der Waals surface area contributed by atoms with Crippen molar-refractivity contribution in [1.82, 2.24) is 0 Å². The van der Waals surface area contributed by atoms with Crippen molar-refractivity contribution >= 4 is 11.9 Å². The van der Waals surface area contributed by atoms with Gasteiger partial charge in [-0.15, -0.1) is 13.2 Å². The standard InChI is InChI=1S/C13H26O2.C4H6O2.C2H4.CH4/c1-4-6-7-8-9-11-13(3,10-5-2)12(14)15;1-3(2)4(5)6;1-2;/h4-11H2,1-3H3,(H,14,15);1H2,2H3,(H,5,6);1-2H2;1H4. The summed E-state index contributed by atoms with van der Waals surface area (Å²) in [6.45, 7) is 16.7. The molecule has 0 radical (unpaired) electrons. The summed E-state index contributed by atoms with van der Waals surface area (Å²) in [6, 6.07) is 0. The second-order valence-corrected chi connectivity index (χ2v) is 5.87. The third kappa shape index (κ3) is 18.5. The van der Waals surface area contributed by atoms with Crippen LogP contribution in [-0.2, 0) is 9.59 Å². The molecule has 0 bridgehead atoms. The van der Waals surface area contributed by atoms with Gasteiger partial charge in [0.1, 0.15) is 0 Å². The van der Waals surface area contributed by atoms with Crippen LogP contribution in [0.3, 0.4) is 0 Å². The number of aliphatic carboxylic acids is 2. The maximum Gasteiger partial charge on any atom is 0.330 e. The first-order valence-electron chi connectivity index (χ1n) is 8.33. The normalized spacial score (nSPS) is 11.3. The number of hydrogen-bond acceptors (Lipinski definition) is 2. The van der Waals surface area contributed by atoms with Gasteiger partial charge in [0, 0.05) is 5.57 Å². The summed E-state index contributed by atoms with van der Waals surface area (Å²) in [6.07, 6.45) is 8.60. The molecule has 0 amide bonds. The largest absolute Gasteiger partial charge is 0.481 e. The summed E-state index contributed by atoms with van der Waals surface area (Å²) in [7, 11) is 0. The van der Waals surface area contributed by atoms with E-state index >= 15 is 0 Å². The fourth-order valence-electron chi connectivity index (χ4n) is 2.01. The van der Waals surface area contributed by atoms with Crippen molar-refractivity contribution in [3.05, 3.63) is 25.3 Å². The highest BCUT2D eigenvalue weighted by Gasteiger charge is 2.30. The molecule has 0 saturated carbocycles. The van der Waals surface area contributed by atoms with Crippen LogP contribution in [0.15, 0.2) is 25.3 Å². The third-order valence-corrected chi connectivity index (χ3v) is 3.52. The Morgan fingerprint density at radius 3 is 1.62 bits per heavy atom. The summed E-state index contributed by atoms with van der Waals surface area (Å²) in [5, 5.41) is 17.1. The predicted octanol–water partition coefficient (Wildman–Crippen LogP) is 6.32. The Balaban J connectivity index is -0.000000188. The highest BCUT2D eigenvalue weighted by Crippen LogP contribution is 2.30. The third-order valence-electron chi connectivity index (χ3n) is 3.52. The van der Waals surface area contributed by atoms with E-state index in [1.807, 2.05) is 6.92 Å². The van der Waals surface area contributed by atoms with E-state index in [0.717, 1.165) is 25.7 Å². The van der Waals surface area contributed by atoms with Crippen LogP contribution in [0, 0.1) is 5.41 Å². The van der Waals surface area contributed by atoms with Gasteiger partial charge in [-0.05, 0) is 26.7 Å². The Labute approximate surface area is 149 Å². The van der Waals surface area contributed by atoms with Gasteiger partial charge >= 0.3 is 11.9 Å². The van der Waals surface area contributed by atoms with Gasteiger partial charge in [-0.2, -0.15) is 0 Å². The maximum absolute atomic E-state index is 11.1. The Morgan fingerprint density at radius 2 is 1.33 bits per heavy atom. The van der Waals surface area contributed by atoms with Gasteiger partial charge in [0.15, 0.2) is 0 Å². The Morgan fingerprint density at radius 1 is 0.917 bits per heavy atom. The molecule has 0 rings (SSSR count). The second-order valence-electron chi connectivity index (χ2n) is 5.87. The fourth-order valence-corrected chi connectivity index (χ4v) is 2.01. The topological polar surface area (TPSA) is 74.6 Å². The maximum atomic E-state index is 11.1. The molecule has 0 aliphatic carbocycles. The quantitative estimate of drug-likeness (QED) is 0.276. The Kier molecular flexibility index (Phi) is 24.6. The molecule has 144 valence electrons. The number of carboxylic acids is 2. The lowest BCUT2D eigenvalue weighted by Gasteiger charge is -2.24. The number of unbranched alkanes of at least 4 members (excludes halogenated alkanes) is 4. The van der Waals surface area contributed by atoms with E-state index in [1.54, 1.807) is 0 Å². The van der Waals surface area contributed by atoms with Crippen LogP contribution in [0.4, 0.5) is 0 Å². The molecule has 0 aromatic carbocycles. The molecule has 4 heteroatoms. The zero-order valence-electron chi connectivity index (χ0n) is 15.5. The summed E-state index contributed by atoms with van der Waals surface area (Å²) in [5.74, 6) is -1.56. The number of hydrogen-bond donors (Lipinski definition) is 2. The smallest absolute Gasteiger partial charge is 0.330 e. The molecular weight excluding hydrogens is 304 g/mol. The molecule has 1 unspecified atom stereocenters. The number of carbonyl (C=O) groups is 2. The summed E-state index contributed by atoms with van der Waals surface area (Å²) < 4.78 is 0. The minimum absolute atomic E-state index is 0. The molecule has 2 N–H and O–H groups in total. The van der Waals surface area contributed by atoms with E-state index in [0.29, 0.717) is 0 Å². The molecule has 0 saturated heterocycles. The van der Waals surface area contributed by atoms with Crippen LogP contribution in [0.2, 0.25) is 0 Å². The first-order chi connectivity index (χ1) is 10.7. The lowest BCUT2D eigenvalue weighted by molar-refractivity contribution is -0.149. The first kappa shape index (κ1) is 30.3. The molecule has 4 nitrogen and oxygen atoms in total. The number of carboxylic acid groups (broad SMARTS) is 2. The van der Waals surface area contributed by atoms with Crippen molar-refractivity contribution in [2.75, 3.05) is 0 Å². The van der Waals surface area contributed by atoms with Gasteiger partial charge in [0.05, 0.1) is 5.41 Å². The molecule has 0 aromatic rings. The molecular formula is C20H40O4. The van der Waals surface area contributed by atoms with Crippen LogP contribution < -0.4 is 0 Å². The van der Waals surface area contributed by atoms with E-state index in [1.165, 1.54) is 32.6 Å². The highest BCUT2D eigenvalue weighted by atomic mass is 16.4. The lowest BCUT2D eigenvalue weighted by Crippen LogP contribution is -2.27. The first-order valence-corrected chi connectivity index (χ1v) is 8.33. The van der Waals surface area contributed by atoms with Crippen molar-refractivity contribution in [2.45, 2.75) is 86.5 Å². The van der Waals surface area contributed by atoms with E-state index < -0.39 is 17.4 Å². The van der Waals surface area contributed by atoms with Crippen molar-refractivity contribution < 1.29 is 19.8 Å². The zero-order chi connectivity index (χ0) is 18.9. The highest BCUT2D eigenvalue weighted by molar-refractivity contribution is 5.84. The van der Waals surface area contributed by atoms with Crippen molar-refractivity contribution in [2.24, 2.45) is 5.41 Å². The minimum Gasteiger partial charge on any atom is -0.481 e. The van der Waals surface area contributed by atoms with Gasteiger partial charge in [0.2, 0.25) is 0 Å². The van der Waals surface area contributed by atoms with Gasteiger partial charge in [-0.3, -0.25) is 4.79 Å². The van der Waals surface area contributed by atoms with Gasteiger partial charge in [-0.25, -0.2) is 4.79 Å². The van der Waals surface area contributed by atoms with Gasteiger partial charge < -0.3 is 10.2 Å². The predicted molar refractivity (Wildman–Crippen MR) is 104 cm³/mol. The SMILES string of the molecule is C.C=C.C=C(C)C(=O)O.CCCCCCCC(C)(CCC)C(=O)O. The Hall–Kier alpha value is -1.58. The molecule has 24 heavy (non-hydrogen) atoms. The molecule has 0 fully saturated rings. The fraction of sp³-hybridized carbons (Fsp3) is 0.700. The summed E-state index contributed by atoms with van der Waals surface area (Å²) in [5.41, 5.74) is -0.309. The van der Waals surface area contributed by atoms with Gasteiger partial charge in [0.25, 0.3) is 0 Å². The average Bonchev–Trinajstić information content (AvgIpc) is 2.49.